The van der Waals surface area contributed by atoms with E-state index < -0.39 is 0 Å². The minimum atomic E-state index is -0.0261. The molecule has 0 radical (unpaired) electrons. The predicted molar refractivity (Wildman–Crippen MR) is 74.4 cm³/mol. The van der Waals surface area contributed by atoms with Gasteiger partial charge in [0, 0.05) is 17.4 Å². The summed E-state index contributed by atoms with van der Waals surface area (Å²) in [6.45, 7) is 0.545. The number of halogens is 1. The van der Waals surface area contributed by atoms with Gasteiger partial charge in [0.1, 0.15) is 21.8 Å². The van der Waals surface area contributed by atoms with Crippen LogP contribution in [0.15, 0.2) is 11.4 Å². The molecule has 2 heterocycles. The van der Waals surface area contributed by atoms with Crippen LogP contribution in [0.3, 0.4) is 0 Å². The molecular formula is C12H13ClN4OS. The quantitative estimate of drug-likeness (QED) is 0.830. The fourth-order valence-corrected chi connectivity index (χ4v) is 2.63. The van der Waals surface area contributed by atoms with Crippen LogP contribution in [0.1, 0.15) is 35.3 Å². The average molecular weight is 297 g/mol. The highest BCUT2D eigenvalue weighted by Gasteiger charge is 2.27. The second-order valence-corrected chi connectivity index (χ2v) is 5.78. The number of thiazole rings is 1. The highest BCUT2D eigenvalue weighted by Crippen LogP contribution is 2.38. The van der Waals surface area contributed by atoms with Gasteiger partial charge in [-0.25, -0.2) is 15.0 Å². The number of aliphatic hydroxyl groups excluding tert-OH is 1. The number of anilines is 1. The molecule has 2 N–H and O–H groups in total. The van der Waals surface area contributed by atoms with Crippen LogP contribution in [-0.2, 0) is 13.2 Å². The molecule has 0 aromatic carbocycles. The Kier molecular flexibility index (Phi) is 3.63. The maximum absolute atomic E-state index is 8.96. The third-order valence-corrected chi connectivity index (χ3v) is 3.93. The van der Waals surface area contributed by atoms with E-state index in [9.17, 15) is 0 Å². The second-order valence-electron chi connectivity index (χ2n) is 4.45. The van der Waals surface area contributed by atoms with E-state index >= 15 is 0 Å². The van der Waals surface area contributed by atoms with Gasteiger partial charge in [0.05, 0.1) is 18.8 Å². The highest BCUT2D eigenvalue weighted by atomic mass is 35.5. The predicted octanol–water partition coefficient (Wildman–Crippen LogP) is 2.57. The molecule has 7 heteroatoms. The van der Waals surface area contributed by atoms with E-state index in [0.29, 0.717) is 23.3 Å². The van der Waals surface area contributed by atoms with Crippen molar-refractivity contribution in [3.05, 3.63) is 33.1 Å². The standard InChI is InChI=1S/C12H13ClN4OS/c13-9-3-10(17-12(16-9)7-1-2-7)14-4-11-15-8(5-18)6-19-11/h3,6-7,18H,1-2,4-5H2,(H,14,16,17). The summed E-state index contributed by atoms with van der Waals surface area (Å²) in [7, 11) is 0. The van der Waals surface area contributed by atoms with Crippen LogP contribution in [-0.4, -0.2) is 20.1 Å². The van der Waals surface area contributed by atoms with Crippen LogP contribution in [0.2, 0.25) is 5.15 Å². The number of nitrogens with one attached hydrogen (secondary N) is 1. The number of aliphatic hydroxyl groups is 1. The van der Waals surface area contributed by atoms with E-state index in [4.69, 9.17) is 16.7 Å². The summed E-state index contributed by atoms with van der Waals surface area (Å²) in [6.07, 6.45) is 2.29. The Labute approximate surface area is 119 Å². The molecule has 0 bridgehead atoms. The van der Waals surface area contributed by atoms with Crippen molar-refractivity contribution in [2.75, 3.05) is 5.32 Å². The SMILES string of the molecule is OCc1csc(CNc2cc(Cl)nc(C3CC3)n2)n1. The number of rotatable bonds is 5. The number of hydrogen-bond acceptors (Lipinski definition) is 6. The average Bonchev–Trinajstić information content (AvgIpc) is 3.15. The van der Waals surface area contributed by atoms with E-state index in [1.165, 1.54) is 11.3 Å². The number of nitrogens with zero attached hydrogens (tertiary/aromatic N) is 3. The molecule has 2 aromatic heterocycles. The summed E-state index contributed by atoms with van der Waals surface area (Å²) in [5, 5.41) is 15.4. The second kappa shape index (κ2) is 5.40. The fraction of sp³-hybridized carbons (Fsp3) is 0.417. The van der Waals surface area contributed by atoms with E-state index in [-0.39, 0.29) is 6.61 Å². The summed E-state index contributed by atoms with van der Waals surface area (Å²) in [5.41, 5.74) is 0.696. The normalized spacial score (nSPS) is 14.6. The first-order chi connectivity index (χ1) is 9.24. The molecule has 1 aliphatic carbocycles. The van der Waals surface area contributed by atoms with Crippen molar-refractivity contribution in [3.63, 3.8) is 0 Å². The molecular weight excluding hydrogens is 284 g/mol. The first kappa shape index (κ1) is 12.8. The van der Waals surface area contributed by atoms with Crippen molar-refractivity contribution < 1.29 is 5.11 Å². The molecule has 1 aliphatic rings. The van der Waals surface area contributed by atoms with Crippen molar-refractivity contribution in [3.8, 4) is 0 Å². The smallest absolute Gasteiger partial charge is 0.135 e. The Balaban J connectivity index is 1.68. The summed E-state index contributed by atoms with van der Waals surface area (Å²) < 4.78 is 0. The van der Waals surface area contributed by atoms with E-state index in [1.807, 2.05) is 5.38 Å². The van der Waals surface area contributed by atoms with Crippen LogP contribution in [0.5, 0.6) is 0 Å². The van der Waals surface area contributed by atoms with Gasteiger partial charge in [0.2, 0.25) is 0 Å². The van der Waals surface area contributed by atoms with Crippen molar-refractivity contribution in [1.82, 2.24) is 15.0 Å². The Hall–Kier alpha value is -1.24. The van der Waals surface area contributed by atoms with Gasteiger partial charge >= 0.3 is 0 Å². The lowest BCUT2D eigenvalue weighted by Crippen LogP contribution is -2.04. The Morgan fingerprint density at radius 3 is 2.89 bits per heavy atom. The van der Waals surface area contributed by atoms with Crippen LogP contribution >= 0.6 is 22.9 Å². The van der Waals surface area contributed by atoms with Gasteiger partial charge in [-0.1, -0.05) is 11.6 Å². The summed E-state index contributed by atoms with van der Waals surface area (Å²) in [4.78, 5) is 13.0. The monoisotopic (exact) mass is 296 g/mol. The maximum atomic E-state index is 8.96. The molecule has 19 heavy (non-hydrogen) atoms. The van der Waals surface area contributed by atoms with Gasteiger partial charge in [-0.05, 0) is 12.8 Å². The minimum absolute atomic E-state index is 0.0261. The Morgan fingerprint density at radius 1 is 1.37 bits per heavy atom. The van der Waals surface area contributed by atoms with E-state index in [1.54, 1.807) is 6.07 Å². The molecule has 0 amide bonds. The molecule has 0 aliphatic heterocycles. The molecule has 0 spiro atoms. The molecule has 0 unspecified atom stereocenters. The van der Waals surface area contributed by atoms with Crippen LogP contribution in [0.25, 0.3) is 0 Å². The molecule has 100 valence electrons. The van der Waals surface area contributed by atoms with Gasteiger partial charge in [0.15, 0.2) is 0 Å². The summed E-state index contributed by atoms with van der Waals surface area (Å²) in [6, 6.07) is 1.72. The number of aromatic nitrogens is 3. The molecule has 0 saturated heterocycles. The van der Waals surface area contributed by atoms with Crippen molar-refractivity contribution in [2.24, 2.45) is 0 Å². The van der Waals surface area contributed by atoms with Gasteiger partial charge in [-0.2, -0.15) is 0 Å². The lowest BCUT2D eigenvalue weighted by atomic mass is 10.4. The Bertz CT molecular complexity index is 585. The zero-order chi connectivity index (χ0) is 13.2. The fourth-order valence-electron chi connectivity index (χ4n) is 1.72. The third kappa shape index (κ3) is 3.20. The first-order valence-corrected chi connectivity index (χ1v) is 7.33. The first-order valence-electron chi connectivity index (χ1n) is 6.07. The molecule has 0 atom stereocenters. The van der Waals surface area contributed by atoms with Crippen LogP contribution < -0.4 is 5.32 Å². The van der Waals surface area contributed by atoms with Crippen molar-refractivity contribution >= 4 is 28.8 Å². The topological polar surface area (TPSA) is 70.9 Å². The van der Waals surface area contributed by atoms with Gasteiger partial charge in [-0.15, -0.1) is 11.3 Å². The molecule has 2 aromatic rings. The lowest BCUT2D eigenvalue weighted by Gasteiger charge is -2.06. The van der Waals surface area contributed by atoms with E-state index in [2.05, 4.69) is 20.3 Å². The molecule has 3 rings (SSSR count). The summed E-state index contributed by atoms with van der Waals surface area (Å²) in [5.74, 6) is 2.02. The zero-order valence-corrected chi connectivity index (χ0v) is 11.7. The van der Waals surface area contributed by atoms with Gasteiger partial charge in [-0.3, -0.25) is 0 Å². The third-order valence-electron chi connectivity index (χ3n) is 2.84. The highest BCUT2D eigenvalue weighted by molar-refractivity contribution is 7.09. The van der Waals surface area contributed by atoms with Crippen LogP contribution in [0.4, 0.5) is 5.82 Å². The molecule has 5 nitrogen and oxygen atoms in total. The van der Waals surface area contributed by atoms with Crippen LogP contribution in [0, 0.1) is 0 Å². The Morgan fingerprint density at radius 2 is 2.21 bits per heavy atom. The zero-order valence-electron chi connectivity index (χ0n) is 10.1. The molecule has 1 fully saturated rings. The van der Waals surface area contributed by atoms with Crippen molar-refractivity contribution in [1.29, 1.82) is 0 Å². The maximum Gasteiger partial charge on any atom is 0.135 e. The molecule has 1 saturated carbocycles. The van der Waals surface area contributed by atoms with Crippen molar-refractivity contribution in [2.45, 2.75) is 31.9 Å². The van der Waals surface area contributed by atoms with Gasteiger partial charge < -0.3 is 10.4 Å². The summed E-state index contributed by atoms with van der Waals surface area (Å²) >= 11 is 7.50. The number of hydrogen-bond donors (Lipinski definition) is 2. The minimum Gasteiger partial charge on any atom is -0.390 e. The van der Waals surface area contributed by atoms with Gasteiger partial charge in [0.25, 0.3) is 0 Å². The largest absolute Gasteiger partial charge is 0.390 e. The van der Waals surface area contributed by atoms with E-state index in [0.717, 1.165) is 29.5 Å². The lowest BCUT2D eigenvalue weighted by molar-refractivity contribution is 0.277.